The second-order valence-corrected chi connectivity index (χ2v) is 7.14. The van der Waals surface area contributed by atoms with E-state index in [1.165, 1.54) is 0 Å². The number of amides is 1. The molecule has 0 aliphatic carbocycles. The Morgan fingerprint density at radius 1 is 1.24 bits per heavy atom. The number of hydrogen-bond donors (Lipinski definition) is 1. The largest absolute Gasteiger partial charge is 0.492 e. The standard InChI is InChI=1S/C23H28N4O2/c1-6-29-21-10-8-7-9-20(21)25-22(28)12-11-19-15-17(4)26(18(19)5)23-13-14-24-27(23)16(2)3/h7-16H,6H2,1-5H3,(H,25,28)/b12-11+. The summed E-state index contributed by atoms with van der Waals surface area (Å²) in [6.07, 6.45) is 5.20. The van der Waals surface area contributed by atoms with Crippen molar-refractivity contribution in [3.05, 3.63) is 65.6 Å². The molecule has 0 radical (unpaired) electrons. The number of anilines is 1. The van der Waals surface area contributed by atoms with Crippen LogP contribution in [-0.2, 0) is 4.79 Å². The number of aryl methyl sites for hydroxylation is 1. The first-order valence-electron chi connectivity index (χ1n) is 9.86. The number of carbonyl (C=O) groups is 1. The van der Waals surface area contributed by atoms with Crippen molar-refractivity contribution >= 4 is 17.7 Å². The van der Waals surface area contributed by atoms with Crippen LogP contribution in [-0.4, -0.2) is 26.9 Å². The smallest absolute Gasteiger partial charge is 0.248 e. The summed E-state index contributed by atoms with van der Waals surface area (Å²) in [5.41, 5.74) is 3.80. The van der Waals surface area contributed by atoms with Crippen molar-refractivity contribution in [1.29, 1.82) is 0 Å². The van der Waals surface area contributed by atoms with Crippen molar-refractivity contribution in [3.63, 3.8) is 0 Å². The summed E-state index contributed by atoms with van der Waals surface area (Å²) in [6, 6.07) is 11.8. The molecule has 0 atom stereocenters. The van der Waals surface area contributed by atoms with Crippen LogP contribution in [0.15, 0.2) is 48.7 Å². The van der Waals surface area contributed by atoms with Gasteiger partial charge in [-0.25, -0.2) is 4.68 Å². The molecule has 6 heteroatoms. The summed E-state index contributed by atoms with van der Waals surface area (Å²) < 4.78 is 9.71. The van der Waals surface area contributed by atoms with E-state index in [2.05, 4.69) is 41.8 Å². The maximum Gasteiger partial charge on any atom is 0.248 e. The maximum absolute atomic E-state index is 12.4. The molecule has 0 bridgehead atoms. The average Bonchev–Trinajstić information content (AvgIpc) is 3.26. The Balaban J connectivity index is 1.82. The van der Waals surface area contributed by atoms with Crippen LogP contribution in [0.1, 0.15) is 43.8 Å². The molecule has 6 nitrogen and oxygen atoms in total. The van der Waals surface area contributed by atoms with Crippen LogP contribution >= 0.6 is 0 Å². The van der Waals surface area contributed by atoms with Gasteiger partial charge in [-0.2, -0.15) is 5.10 Å². The molecular weight excluding hydrogens is 364 g/mol. The fourth-order valence-electron chi connectivity index (χ4n) is 3.38. The van der Waals surface area contributed by atoms with Gasteiger partial charge in [0, 0.05) is 29.6 Å². The van der Waals surface area contributed by atoms with Gasteiger partial charge in [0.05, 0.1) is 18.5 Å². The van der Waals surface area contributed by atoms with Crippen LogP contribution < -0.4 is 10.1 Å². The number of carbonyl (C=O) groups excluding carboxylic acids is 1. The third kappa shape index (κ3) is 4.42. The monoisotopic (exact) mass is 392 g/mol. The number of para-hydroxylation sites is 2. The Hall–Kier alpha value is -3.28. The maximum atomic E-state index is 12.4. The number of nitrogens with zero attached hydrogens (tertiary/aromatic N) is 3. The second-order valence-electron chi connectivity index (χ2n) is 7.14. The first-order valence-corrected chi connectivity index (χ1v) is 9.86. The molecule has 2 aromatic heterocycles. The quantitative estimate of drug-likeness (QED) is 0.581. The Kier molecular flexibility index (Phi) is 6.22. The molecule has 1 amide bonds. The van der Waals surface area contributed by atoms with Crippen LogP contribution in [0.3, 0.4) is 0 Å². The molecule has 0 fully saturated rings. The third-order valence-electron chi connectivity index (χ3n) is 4.70. The summed E-state index contributed by atoms with van der Waals surface area (Å²) in [5, 5.41) is 7.32. The zero-order chi connectivity index (χ0) is 21.0. The van der Waals surface area contributed by atoms with Gasteiger partial charge in [-0.3, -0.25) is 4.79 Å². The molecule has 1 N–H and O–H groups in total. The lowest BCUT2D eigenvalue weighted by atomic mass is 10.2. The number of nitrogens with one attached hydrogen (secondary N) is 1. The highest BCUT2D eigenvalue weighted by Crippen LogP contribution is 2.25. The summed E-state index contributed by atoms with van der Waals surface area (Å²) in [5.74, 6) is 1.48. The zero-order valence-corrected chi connectivity index (χ0v) is 17.6. The molecule has 29 heavy (non-hydrogen) atoms. The summed E-state index contributed by atoms with van der Waals surface area (Å²) in [4.78, 5) is 12.4. The predicted molar refractivity (Wildman–Crippen MR) is 117 cm³/mol. The van der Waals surface area contributed by atoms with Crippen molar-refractivity contribution in [3.8, 4) is 11.6 Å². The molecule has 152 valence electrons. The van der Waals surface area contributed by atoms with E-state index in [4.69, 9.17) is 4.74 Å². The Morgan fingerprint density at radius 3 is 2.72 bits per heavy atom. The fourth-order valence-corrected chi connectivity index (χ4v) is 3.38. The van der Waals surface area contributed by atoms with Crippen LogP contribution in [0.4, 0.5) is 5.69 Å². The third-order valence-corrected chi connectivity index (χ3v) is 4.70. The van der Waals surface area contributed by atoms with Gasteiger partial charge in [0.2, 0.25) is 5.91 Å². The summed E-state index contributed by atoms with van der Waals surface area (Å²) in [7, 11) is 0. The highest BCUT2D eigenvalue weighted by atomic mass is 16.5. The molecule has 0 aliphatic heterocycles. The van der Waals surface area contributed by atoms with Gasteiger partial charge in [0.15, 0.2) is 0 Å². The van der Waals surface area contributed by atoms with E-state index in [1.807, 2.05) is 61.1 Å². The number of hydrogen-bond acceptors (Lipinski definition) is 3. The fraction of sp³-hybridized carbons (Fsp3) is 0.304. The molecule has 0 unspecified atom stereocenters. The number of aromatic nitrogens is 3. The SMILES string of the molecule is CCOc1ccccc1NC(=O)/C=C/c1cc(C)n(-c2ccnn2C(C)C)c1C. The van der Waals surface area contributed by atoms with Crippen LogP contribution in [0, 0.1) is 13.8 Å². The Morgan fingerprint density at radius 2 is 2.00 bits per heavy atom. The van der Waals surface area contributed by atoms with E-state index in [9.17, 15) is 4.79 Å². The molecule has 0 saturated carbocycles. The van der Waals surface area contributed by atoms with E-state index >= 15 is 0 Å². The number of rotatable bonds is 7. The molecule has 0 aliphatic rings. The van der Waals surface area contributed by atoms with Gasteiger partial charge in [-0.1, -0.05) is 12.1 Å². The predicted octanol–water partition coefficient (Wildman–Crippen LogP) is 4.92. The van der Waals surface area contributed by atoms with Gasteiger partial charge in [-0.15, -0.1) is 0 Å². The lowest BCUT2D eigenvalue weighted by Gasteiger charge is -2.15. The lowest BCUT2D eigenvalue weighted by molar-refractivity contribution is -0.111. The van der Waals surface area contributed by atoms with E-state index in [-0.39, 0.29) is 11.9 Å². The molecule has 3 aromatic rings. The molecular formula is C23H28N4O2. The zero-order valence-electron chi connectivity index (χ0n) is 17.6. The second kappa shape index (κ2) is 8.82. The van der Waals surface area contributed by atoms with Crippen molar-refractivity contribution in [1.82, 2.24) is 14.3 Å². The minimum Gasteiger partial charge on any atom is -0.492 e. The summed E-state index contributed by atoms with van der Waals surface area (Å²) in [6.45, 7) is 10.8. The van der Waals surface area contributed by atoms with Gasteiger partial charge in [-0.05, 0) is 64.5 Å². The first kappa shape index (κ1) is 20.5. The highest BCUT2D eigenvalue weighted by Gasteiger charge is 2.14. The minimum absolute atomic E-state index is 0.200. The molecule has 0 spiro atoms. The normalized spacial score (nSPS) is 11.4. The Bertz CT molecular complexity index is 1030. The Labute approximate surface area is 171 Å². The van der Waals surface area contributed by atoms with Crippen LogP contribution in [0.25, 0.3) is 11.9 Å². The van der Waals surface area contributed by atoms with Gasteiger partial charge in [0.1, 0.15) is 11.6 Å². The molecule has 1 aromatic carbocycles. The molecule has 3 rings (SSSR count). The molecule has 0 saturated heterocycles. The number of benzene rings is 1. The van der Waals surface area contributed by atoms with E-state index in [0.29, 0.717) is 18.0 Å². The van der Waals surface area contributed by atoms with Crippen molar-refractivity contribution in [2.75, 3.05) is 11.9 Å². The number of ether oxygens (including phenoxy) is 1. The van der Waals surface area contributed by atoms with E-state index in [0.717, 1.165) is 22.8 Å². The lowest BCUT2D eigenvalue weighted by Crippen LogP contribution is -2.11. The van der Waals surface area contributed by atoms with Crippen molar-refractivity contribution < 1.29 is 9.53 Å². The minimum atomic E-state index is -0.200. The molecule has 2 heterocycles. The summed E-state index contributed by atoms with van der Waals surface area (Å²) >= 11 is 0. The van der Waals surface area contributed by atoms with Gasteiger partial charge in [0.25, 0.3) is 0 Å². The topological polar surface area (TPSA) is 61.1 Å². The van der Waals surface area contributed by atoms with E-state index < -0.39 is 0 Å². The first-order chi connectivity index (χ1) is 13.9. The van der Waals surface area contributed by atoms with Crippen LogP contribution in [0.2, 0.25) is 0 Å². The van der Waals surface area contributed by atoms with Crippen molar-refractivity contribution in [2.45, 2.75) is 40.7 Å². The van der Waals surface area contributed by atoms with Crippen LogP contribution in [0.5, 0.6) is 5.75 Å². The van der Waals surface area contributed by atoms with E-state index in [1.54, 1.807) is 6.08 Å². The van der Waals surface area contributed by atoms with Gasteiger partial charge >= 0.3 is 0 Å². The van der Waals surface area contributed by atoms with Gasteiger partial charge < -0.3 is 14.6 Å². The highest BCUT2D eigenvalue weighted by molar-refractivity contribution is 6.02. The van der Waals surface area contributed by atoms with Crippen molar-refractivity contribution in [2.24, 2.45) is 0 Å². The average molecular weight is 393 g/mol.